The Morgan fingerprint density at radius 1 is 1.00 bits per heavy atom. The van der Waals surface area contributed by atoms with E-state index in [9.17, 15) is 8.42 Å². The maximum absolute atomic E-state index is 12.3. The van der Waals surface area contributed by atoms with Crippen molar-refractivity contribution < 1.29 is 8.42 Å². The molecule has 6 heteroatoms. The van der Waals surface area contributed by atoms with Gasteiger partial charge in [0.1, 0.15) is 0 Å². The molecule has 2 aromatic rings. The third kappa shape index (κ3) is 6.92. The van der Waals surface area contributed by atoms with Crippen LogP contribution in [0, 0.1) is 5.92 Å². The third-order valence-electron chi connectivity index (χ3n) is 5.10. The molecule has 0 bridgehead atoms. The lowest BCUT2D eigenvalue weighted by Crippen LogP contribution is -2.39. The Morgan fingerprint density at radius 3 is 2.41 bits per heavy atom. The number of halogens is 1. The van der Waals surface area contributed by atoms with Gasteiger partial charge in [-0.05, 0) is 61.5 Å². The average molecular weight is 407 g/mol. The molecule has 0 radical (unpaired) electrons. The van der Waals surface area contributed by atoms with E-state index in [4.69, 9.17) is 11.6 Å². The number of nitrogens with zero attached hydrogens (tertiary/aromatic N) is 1. The van der Waals surface area contributed by atoms with E-state index in [1.54, 1.807) is 24.3 Å². The zero-order chi connectivity index (χ0) is 19.1. The first-order valence-electron chi connectivity index (χ1n) is 9.48. The Bertz CT molecular complexity index is 819. The number of piperidine rings is 1. The maximum Gasteiger partial charge on any atom is 0.215 e. The Labute approximate surface area is 167 Å². The highest BCUT2D eigenvalue weighted by molar-refractivity contribution is 7.88. The monoisotopic (exact) mass is 406 g/mol. The van der Waals surface area contributed by atoms with E-state index >= 15 is 0 Å². The van der Waals surface area contributed by atoms with E-state index < -0.39 is 10.0 Å². The fourth-order valence-corrected chi connectivity index (χ4v) is 4.91. The van der Waals surface area contributed by atoms with Gasteiger partial charge in [-0.2, -0.15) is 0 Å². The Kier molecular flexibility index (Phi) is 7.30. The lowest BCUT2D eigenvalue weighted by molar-refractivity contribution is 0.187. The van der Waals surface area contributed by atoms with Gasteiger partial charge in [0.05, 0.1) is 5.75 Å². The first-order valence-corrected chi connectivity index (χ1v) is 11.5. The molecular formula is C21H27ClN2O2S. The highest BCUT2D eigenvalue weighted by atomic mass is 35.5. The number of rotatable bonds is 8. The van der Waals surface area contributed by atoms with Crippen LogP contribution in [-0.2, 0) is 22.2 Å². The number of likely N-dealkylation sites (tertiary alicyclic amines) is 1. The molecule has 1 N–H and O–H groups in total. The van der Waals surface area contributed by atoms with Crippen molar-refractivity contribution >= 4 is 21.6 Å². The van der Waals surface area contributed by atoms with Crippen LogP contribution in [0.3, 0.4) is 0 Å². The molecule has 0 unspecified atom stereocenters. The second-order valence-corrected chi connectivity index (χ2v) is 9.50. The molecule has 1 aliphatic heterocycles. The van der Waals surface area contributed by atoms with Crippen molar-refractivity contribution in [1.29, 1.82) is 0 Å². The summed E-state index contributed by atoms with van der Waals surface area (Å²) < 4.78 is 27.4. The van der Waals surface area contributed by atoms with Gasteiger partial charge in [0.25, 0.3) is 0 Å². The standard InChI is InChI=1S/C21H27ClN2O2S/c22-21-8-4-7-20(15-21)17-27(25,26)23-16-19-10-13-24(14-11-19)12-9-18-5-2-1-3-6-18/h1-8,15,19,23H,9-14,16-17H2. The molecule has 1 saturated heterocycles. The van der Waals surface area contributed by atoms with E-state index in [0.717, 1.165) is 38.9 Å². The number of hydrogen-bond donors (Lipinski definition) is 1. The summed E-state index contributed by atoms with van der Waals surface area (Å²) in [6.45, 7) is 3.66. The van der Waals surface area contributed by atoms with Crippen LogP contribution < -0.4 is 4.72 Å². The predicted molar refractivity (Wildman–Crippen MR) is 111 cm³/mol. The largest absolute Gasteiger partial charge is 0.303 e. The minimum absolute atomic E-state index is 0.0243. The van der Waals surface area contributed by atoms with Gasteiger partial charge in [0, 0.05) is 18.1 Å². The summed E-state index contributed by atoms with van der Waals surface area (Å²) in [4.78, 5) is 2.48. The smallest absolute Gasteiger partial charge is 0.215 e. The van der Waals surface area contributed by atoms with Crippen molar-refractivity contribution in [3.05, 3.63) is 70.7 Å². The third-order valence-corrected chi connectivity index (χ3v) is 6.66. The van der Waals surface area contributed by atoms with Crippen LogP contribution in [0.5, 0.6) is 0 Å². The summed E-state index contributed by atoms with van der Waals surface area (Å²) >= 11 is 5.93. The molecule has 1 aliphatic rings. The zero-order valence-electron chi connectivity index (χ0n) is 15.5. The van der Waals surface area contributed by atoms with E-state index in [-0.39, 0.29) is 5.75 Å². The predicted octanol–water partition coefficient (Wildman–Crippen LogP) is 3.71. The van der Waals surface area contributed by atoms with E-state index in [1.165, 1.54) is 5.56 Å². The Morgan fingerprint density at radius 2 is 1.70 bits per heavy atom. The summed E-state index contributed by atoms with van der Waals surface area (Å²) in [7, 11) is -3.33. The number of benzene rings is 2. The molecule has 2 aromatic carbocycles. The van der Waals surface area contributed by atoms with Crippen molar-refractivity contribution in [1.82, 2.24) is 9.62 Å². The van der Waals surface area contributed by atoms with Crippen LogP contribution in [0.25, 0.3) is 0 Å². The fraction of sp³-hybridized carbons (Fsp3) is 0.429. The highest BCUT2D eigenvalue weighted by Crippen LogP contribution is 2.18. The molecule has 1 heterocycles. The maximum atomic E-state index is 12.3. The second-order valence-electron chi connectivity index (χ2n) is 7.26. The van der Waals surface area contributed by atoms with Crippen molar-refractivity contribution in [2.24, 2.45) is 5.92 Å². The topological polar surface area (TPSA) is 49.4 Å². The lowest BCUT2D eigenvalue weighted by Gasteiger charge is -2.32. The normalized spacial score (nSPS) is 16.5. The summed E-state index contributed by atoms with van der Waals surface area (Å²) in [5, 5.41) is 0.561. The van der Waals surface area contributed by atoms with Crippen LogP contribution in [-0.4, -0.2) is 39.5 Å². The lowest BCUT2D eigenvalue weighted by atomic mass is 9.97. The molecule has 146 valence electrons. The minimum Gasteiger partial charge on any atom is -0.303 e. The summed E-state index contributed by atoms with van der Waals surface area (Å²) in [5.41, 5.74) is 2.08. The number of hydrogen-bond acceptors (Lipinski definition) is 3. The van der Waals surface area contributed by atoms with E-state index in [1.807, 2.05) is 6.07 Å². The molecule has 0 atom stereocenters. The molecule has 0 spiro atoms. The quantitative estimate of drug-likeness (QED) is 0.726. The zero-order valence-corrected chi connectivity index (χ0v) is 17.1. The summed E-state index contributed by atoms with van der Waals surface area (Å²) in [6.07, 6.45) is 3.14. The number of sulfonamides is 1. The van der Waals surface area contributed by atoms with Gasteiger partial charge in [-0.1, -0.05) is 54.1 Å². The molecule has 3 rings (SSSR count). The molecule has 0 aliphatic carbocycles. The second kappa shape index (κ2) is 9.69. The minimum atomic E-state index is -3.33. The molecule has 1 fully saturated rings. The van der Waals surface area contributed by atoms with Crippen LogP contribution in [0.1, 0.15) is 24.0 Å². The van der Waals surface area contributed by atoms with Crippen LogP contribution >= 0.6 is 11.6 Å². The van der Waals surface area contributed by atoms with Gasteiger partial charge in [-0.15, -0.1) is 0 Å². The van der Waals surface area contributed by atoms with Gasteiger partial charge in [-0.3, -0.25) is 0 Å². The van der Waals surface area contributed by atoms with Crippen LogP contribution in [0.2, 0.25) is 5.02 Å². The van der Waals surface area contributed by atoms with Crippen molar-refractivity contribution in [2.75, 3.05) is 26.2 Å². The van der Waals surface area contributed by atoms with E-state index in [2.05, 4.69) is 33.9 Å². The van der Waals surface area contributed by atoms with E-state index in [0.29, 0.717) is 23.0 Å². The first-order chi connectivity index (χ1) is 13.0. The molecular weight excluding hydrogens is 380 g/mol. The van der Waals surface area contributed by atoms with Gasteiger partial charge >= 0.3 is 0 Å². The van der Waals surface area contributed by atoms with Gasteiger partial charge in [-0.25, -0.2) is 13.1 Å². The van der Waals surface area contributed by atoms with Gasteiger partial charge in [0.15, 0.2) is 0 Å². The first kappa shape index (κ1) is 20.3. The fourth-order valence-electron chi connectivity index (χ4n) is 3.49. The SMILES string of the molecule is O=S(=O)(Cc1cccc(Cl)c1)NCC1CCN(CCc2ccccc2)CC1. The molecule has 4 nitrogen and oxygen atoms in total. The Hall–Kier alpha value is -1.40. The molecule has 0 aromatic heterocycles. The van der Waals surface area contributed by atoms with Crippen LogP contribution in [0.15, 0.2) is 54.6 Å². The highest BCUT2D eigenvalue weighted by Gasteiger charge is 2.21. The Balaban J connectivity index is 1.38. The average Bonchev–Trinajstić information content (AvgIpc) is 2.66. The molecule has 0 saturated carbocycles. The van der Waals surface area contributed by atoms with Crippen LogP contribution in [0.4, 0.5) is 0 Å². The van der Waals surface area contributed by atoms with Crippen molar-refractivity contribution in [3.8, 4) is 0 Å². The van der Waals surface area contributed by atoms with Crippen molar-refractivity contribution in [2.45, 2.75) is 25.0 Å². The van der Waals surface area contributed by atoms with Gasteiger partial charge in [0.2, 0.25) is 10.0 Å². The molecule has 27 heavy (non-hydrogen) atoms. The summed E-state index contributed by atoms with van der Waals surface area (Å²) in [5.74, 6) is 0.385. The van der Waals surface area contributed by atoms with Gasteiger partial charge < -0.3 is 4.90 Å². The van der Waals surface area contributed by atoms with Crippen molar-refractivity contribution in [3.63, 3.8) is 0 Å². The number of nitrogens with one attached hydrogen (secondary N) is 1. The summed E-state index contributed by atoms with van der Waals surface area (Å²) in [6, 6.07) is 17.6. The molecule has 0 amide bonds.